The number of carboxylic acids is 2. The van der Waals surface area contributed by atoms with E-state index in [1.165, 1.54) is 0 Å². The van der Waals surface area contributed by atoms with E-state index in [0.29, 0.717) is 41.1 Å². The Kier molecular flexibility index (Phi) is 8.99. The fraction of sp³-hybridized carbons (Fsp3) is 0.400. The maximum Gasteiger partial charge on any atom is 0.307 e. The van der Waals surface area contributed by atoms with Crippen LogP contribution in [0.15, 0.2) is 42.5 Å². The van der Waals surface area contributed by atoms with E-state index in [1.54, 1.807) is 55.1 Å². The second-order valence-electron chi connectivity index (χ2n) is 8.48. The number of hydrogen-bond donors (Lipinski definition) is 3. The molecule has 0 aliphatic carbocycles. The molecule has 0 saturated carbocycles. The van der Waals surface area contributed by atoms with Gasteiger partial charge in [-0.2, -0.15) is 0 Å². The van der Waals surface area contributed by atoms with Crippen molar-refractivity contribution < 1.29 is 34.4 Å². The molecule has 8 nitrogen and oxygen atoms in total. The first-order valence-electron chi connectivity index (χ1n) is 10.8. The Balaban J connectivity index is 2.13. The van der Waals surface area contributed by atoms with Crippen molar-refractivity contribution in [1.82, 2.24) is 0 Å². The summed E-state index contributed by atoms with van der Waals surface area (Å²) >= 11 is 0. The highest BCUT2D eigenvalue weighted by Gasteiger charge is 2.19. The Labute approximate surface area is 193 Å². The molecule has 33 heavy (non-hydrogen) atoms. The summed E-state index contributed by atoms with van der Waals surface area (Å²) in [7, 11) is 0. The molecular formula is C25H31NO7. The Morgan fingerprint density at radius 2 is 1.64 bits per heavy atom. The lowest BCUT2D eigenvalue weighted by Gasteiger charge is -2.24. The predicted octanol–water partition coefficient (Wildman–Crippen LogP) is 3.42. The van der Waals surface area contributed by atoms with E-state index in [9.17, 15) is 19.5 Å². The van der Waals surface area contributed by atoms with Crippen LogP contribution in [0.5, 0.6) is 5.75 Å². The molecule has 0 atom stereocenters. The Morgan fingerprint density at radius 3 is 2.24 bits per heavy atom. The van der Waals surface area contributed by atoms with Gasteiger partial charge in [0.05, 0.1) is 18.4 Å². The largest absolute Gasteiger partial charge is 0.489 e. The Bertz CT molecular complexity index is 994. The van der Waals surface area contributed by atoms with Crippen LogP contribution in [-0.2, 0) is 33.8 Å². The minimum absolute atomic E-state index is 0.0934. The van der Waals surface area contributed by atoms with Gasteiger partial charge in [-0.1, -0.05) is 24.3 Å². The molecule has 0 spiro atoms. The first-order valence-corrected chi connectivity index (χ1v) is 10.8. The van der Waals surface area contributed by atoms with Gasteiger partial charge in [0.1, 0.15) is 12.4 Å². The maximum atomic E-state index is 12.6. The summed E-state index contributed by atoms with van der Waals surface area (Å²) in [5.74, 6) is -1.62. The van der Waals surface area contributed by atoms with Gasteiger partial charge in [0.25, 0.3) is 0 Å². The highest BCUT2D eigenvalue weighted by Crippen LogP contribution is 2.24. The van der Waals surface area contributed by atoms with Crippen LogP contribution in [0.4, 0.5) is 5.69 Å². The summed E-state index contributed by atoms with van der Waals surface area (Å²) in [6.07, 6.45) is 0.0524. The van der Waals surface area contributed by atoms with Crippen LogP contribution < -0.4 is 9.64 Å². The molecule has 8 heteroatoms. The number of carbonyl (C=O) groups excluding carboxylic acids is 1. The third-order valence-corrected chi connectivity index (χ3v) is 5.06. The highest BCUT2D eigenvalue weighted by atomic mass is 16.5. The van der Waals surface area contributed by atoms with Crippen molar-refractivity contribution in [1.29, 1.82) is 0 Å². The third-order valence-electron chi connectivity index (χ3n) is 5.06. The average molecular weight is 458 g/mol. The number of nitrogens with zero attached hydrogens (tertiary/aromatic N) is 1. The molecular weight excluding hydrogens is 426 g/mol. The van der Waals surface area contributed by atoms with E-state index in [4.69, 9.17) is 14.9 Å². The zero-order valence-electron chi connectivity index (χ0n) is 19.2. The molecule has 0 aliphatic heterocycles. The first-order chi connectivity index (χ1) is 15.5. The number of aliphatic hydroxyl groups is 1. The van der Waals surface area contributed by atoms with Gasteiger partial charge < -0.3 is 25.0 Å². The topological polar surface area (TPSA) is 124 Å². The van der Waals surface area contributed by atoms with Crippen LogP contribution in [0.25, 0.3) is 0 Å². The van der Waals surface area contributed by atoms with Gasteiger partial charge >= 0.3 is 11.9 Å². The molecule has 178 valence electrons. The highest BCUT2D eigenvalue weighted by molar-refractivity contribution is 5.93. The molecule has 0 radical (unpaired) electrons. The average Bonchev–Trinajstić information content (AvgIpc) is 2.72. The second-order valence-corrected chi connectivity index (χ2v) is 8.48. The van der Waals surface area contributed by atoms with Crippen molar-refractivity contribution in [2.24, 2.45) is 0 Å². The summed E-state index contributed by atoms with van der Waals surface area (Å²) in [6.45, 7) is 5.83. The van der Waals surface area contributed by atoms with E-state index in [0.717, 1.165) is 0 Å². The summed E-state index contributed by atoms with van der Waals surface area (Å²) in [6, 6.07) is 12.1. The number of carbonyl (C=O) groups is 3. The molecule has 3 N–H and O–H groups in total. The fourth-order valence-corrected chi connectivity index (χ4v) is 3.39. The molecule has 2 aromatic carbocycles. The molecule has 0 saturated heterocycles. The Hall–Kier alpha value is -3.39. The number of anilines is 1. The minimum atomic E-state index is -1.04. The molecule has 0 fully saturated rings. The number of ether oxygens (including phenoxy) is 1. The van der Waals surface area contributed by atoms with Gasteiger partial charge in [-0.3, -0.25) is 14.4 Å². The van der Waals surface area contributed by atoms with Crippen LogP contribution >= 0.6 is 0 Å². The van der Waals surface area contributed by atoms with Gasteiger partial charge in [-0.25, -0.2) is 0 Å². The summed E-state index contributed by atoms with van der Waals surface area (Å²) in [4.78, 5) is 36.5. The van der Waals surface area contributed by atoms with Crippen LogP contribution in [0.3, 0.4) is 0 Å². The number of carboxylic acid groups (broad SMARTS) is 2. The maximum absolute atomic E-state index is 12.6. The summed E-state index contributed by atoms with van der Waals surface area (Å²) < 4.78 is 5.86. The van der Waals surface area contributed by atoms with Crippen molar-refractivity contribution in [3.05, 3.63) is 59.2 Å². The number of hydrogen-bond acceptors (Lipinski definition) is 5. The van der Waals surface area contributed by atoms with Crippen molar-refractivity contribution in [3.63, 3.8) is 0 Å². The second kappa shape index (κ2) is 11.5. The monoisotopic (exact) mass is 457 g/mol. The zero-order chi connectivity index (χ0) is 24.6. The smallest absolute Gasteiger partial charge is 0.307 e. The van der Waals surface area contributed by atoms with Crippen molar-refractivity contribution in [3.8, 4) is 5.75 Å². The quantitative estimate of drug-likeness (QED) is 0.446. The first kappa shape index (κ1) is 25.9. The minimum Gasteiger partial charge on any atom is -0.489 e. The van der Waals surface area contributed by atoms with E-state index in [1.807, 2.05) is 13.0 Å². The molecule has 2 aromatic rings. The van der Waals surface area contributed by atoms with E-state index < -0.39 is 17.5 Å². The lowest BCUT2D eigenvalue weighted by molar-refractivity contribution is -0.137. The number of benzene rings is 2. The lowest BCUT2D eigenvalue weighted by atomic mass is 9.99. The third kappa shape index (κ3) is 8.57. The molecule has 0 heterocycles. The van der Waals surface area contributed by atoms with E-state index >= 15 is 0 Å². The number of amides is 1. The van der Waals surface area contributed by atoms with Crippen molar-refractivity contribution >= 4 is 23.5 Å². The van der Waals surface area contributed by atoms with Gasteiger partial charge in [0, 0.05) is 24.7 Å². The zero-order valence-corrected chi connectivity index (χ0v) is 19.2. The molecule has 1 amide bonds. The summed E-state index contributed by atoms with van der Waals surface area (Å²) in [5.41, 5.74) is 1.37. The van der Waals surface area contributed by atoms with Crippen LogP contribution in [0, 0.1) is 0 Å². The lowest BCUT2D eigenvalue weighted by Crippen LogP contribution is -2.32. The molecule has 0 unspecified atom stereocenters. The van der Waals surface area contributed by atoms with E-state index in [2.05, 4.69) is 0 Å². The number of rotatable bonds is 12. The predicted molar refractivity (Wildman–Crippen MR) is 123 cm³/mol. The van der Waals surface area contributed by atoms with Gasteiger partial charge in [0.15, 0.2) is 0 Å². The molecule has 0 bridgehead atoms. The Morgan fingerprint density at radius 1 is 0.970 bits per heavy atom. The molecule has 2 rings (SSSR count). The van der Waals surface area contributed by atoms with Crippen molar-refractivity contribution in [2.75, 3.05) is 11.4 Å². The molecule has 0 aromatic heterocycles. The fourth-order valence-electron chi connectivity index (χ4n) is 3.39. The summed E-state index contributed by atoms with van der Waals surface area (Å²) in [5, 5.41) is 28.1. The number of aliphatic carboxylic acids is 2. The van der Waals surface area contributed by atoms with Gasteiger partial charge in [-0.05, 0) is 56.0 Å². The van der Waals surface area contributed by atoms with Crippen molar-refractivity contribution in [2.45, 2.75) is 58.7 Å². The van der Waals surface area contributed by atoms with Gasteiger partial charge in [-0.15, -0.1) is 0 Å². The molecule has 0 aliphatic rings. The standard InChI is InChI=1S/C25H31NO7/c1-4-26(22(27)10-11-25(2,3)32)20-6-5-7-21(15-20)33-16-17-8-9-18(13-23(28)29)19(12-17)14-24(30)31/h5-9,12,15,32H,4,10-11,13-14,16H2,1-3H3,(H,28,29)(H,30,31). The van der Waals surface area contributed by atoms with Crippen LogP contribution in [0.1, 0.15) is 50.3 Å². The normalized spacial score (nSPS) is 11.2. The van der Waals surface area contributed by atoms with Crippen LogP contribution in [0.2, 0.25) is 0 Å². The van der Waals surface area contributed by atoms with Crippen LogP contribution in [-0.4, -0.2) is 45.3 Å². The SMILES string of the molecule is CCN(C(=O)CCC(C)(C)O)c1cccc(OCc2ccc(CC(=O)O)c(CC(=O)O)c2)c1. The van der Waals surface area contributed by atoms with Gasteiger partial charge in [0.2, 0.25) is 5.91 Å². The van der Waals surface area contributed by atoms with E-state index in [-0.39, 0.29) is 31.8 Å².